The maximum absolute atomic E-state index is 11.7. The number of aromatic nitrogens is 2. The van der Waals surface area contributed by atoms with E-state index < -0.39 is 0 Å². The largest absolute Gasteiger partial charge is 0.496 e. The van der Waals surface area contributed by atoms with E-state index in [2.05, 4.69) is 66.8 Å². The molecule has 2 aliphatic rings. The van der Waals surface area contributed by atoms with Crippen LogP contribution in [0.4, 0.5) is 0 Å². The van der Waals surface area contributed by atoms with Crippen molar-refractivity contribution in [2.75, 3.05) is 27.4 Å². The number of nitrogens with one attached hydrogen (secondary N) is 1. The van der Waals surface area contributed by atoms with E-state index in [9.17, 15) is 4.79 Å². The lowest BCUT2D eigenvalue weighted by Crippen LogP contribution is -2.50. The van der Waals surface area contributed by atoms with Crippen molar-refractivity contribution < 1.29 is 23.7 Å². The topological polar surface area (TPSA) is 82.7 Å². The van der Waals surface area contributed by atoms with Crippen molar-refractivity contribution in [1.29, 1.82) is 0 Å². The van der Waals surface area contributed by atoms with Crippen LogP contribution in [0.2, 0.25) is 0 Å². The van der Waals surface area contributed by atoms with E-state index >= 15 is 0 Å². The van der Waals surface area contributed by atoms with Gasteiger partial charge in [-0.05, 0) is 118 Å². The average molecular weight is 732 g/mol. The number of benzene rings is 3. The fourth-order valence-electron chi connectivity index (χ4n) is 8.82. The Labute approximate surface area is 299 Å². The Balaban J connectivity index is 1.31. The summed E-state index contributed by atoms with van der Waals surface area (Å²) in [5.74, 6) is 3.76. The minimum atomic E-state index is -0.206. The number of hydrogen-bond acceptors (Lipinski definition) is 6. The van der Waals surface area contributed by atoms with Crippen molar-refractivity contribution in [3.05, 3.63) is 69.2 Å². The van der Waals surface area contributed by atoms with Gasteiger partial charge in [0.15, 0.2) is 0 Å². The van der Waals surface area contributed by atoms with E-state index in [1.165, 1.54) is 36.8 Å². The summed E-state index contributed by atoms with van der Waals surface area (Å²) >= 11 is 3.96. The van der Waals surface area contributed by atoms with Crippen LogP contribution in [0.1, 0.15) is 101 Å². The Morgan fingerprint density at radius 1 is 1.06 bits per heavy atom. The number of carbonyl (C=O) groups is 1. The maximum atomic E-state index is 11.7. The second kappa shape index (κ2) is 14.4. The van der Waals surface area contributed by atoms with Gasteiger partial charge in [0, 0.05) is 18.6 Å². The number of rotatable bonds is 12. The molecule has 1 heterocycles. The fraction of sp³-hybridized carbons (Fsp3) is 0.512. The van der Waals surface area contributed by atoms with Crippen molar-refractivity contribution in [3.63, 3.8) is 0 Å². The van der Waals surface area contributed by atoms with Crippen molar-refractivity contribution in [2.24, 2.45) is 11.3 Å². The molecule has 0 radical (unpaired) electrons. The molecule has 262 valence electrons. The summed E-state index contributed by atoms with van der Waals surface area (Å²) in [6.45, 7) is 12.2. The van der Waals surface area contributed by atoms with Crippen LogP contribution in [-0.2, 0) is 27.8 Å². The molecule has 0 saturated heterocycles. The maximum Gasteiger partial charge on any atom is 0.305 e. The summed E-state index contributed by atoms with van der Waals surface area (Å²) in [7, 11) is 3.38. The predicted octanol–water partition coefficient (Wildman–Crippen LogP) is 10.1. The second-order valence-corrected chi connectivity index (χ2v) is 15.5. The van der Waals surface area contributed by atoms with Crippen LogP contribution in [0.15, 0.2) is 46.9 Å². The van der Waals surface area contributed by atoms with Gasteiger partial charge in [-0.15, -0.1) is 0 Å². The third-order valence-electron chi connectivity index (χ3n) is 11.3. The molecule has 4 aromatic rings. The third kappa shape index (κ3) is 6.82. The Bertz CT molecular complexity index is 1830. The molecule has 0 spiro atoms. The Morgan fingerprint density at radius 3 is 2.59 bits per heavy atom. The summed E-state index contributed by atoms with van der Waals surface area (Å²) in [6, 6.07) is 15.1. The first-order valence-corrected chi connectivity index (χ1v) is 18.7. The highest BCUT2D eigenvalue weighted by atomic mass is 79.9. The first-order chi connectivity index (χ1) is 23.5. The van der Waals surface area contributed by atoms with Gasteiger partial charge < -0.3 is 23.9 Å². The smallest absolute Gasteiger partial charge is 0.305 e. The van der Waals surface area contributed by atoms with Gasteiger partial charge in [-0.25, -0.2) is 4.98 Å². The molecule has 0 unspecified atom stereocenters. The normalized spacial score (nSPS) is 21.7. The second-order valence-electron chi connectivity index (χ2n) is 14.7. The average Bonchev–Trinajstić information content (AvgIpc) is 3.51. The number of fused-ring (bicyclic) bond motifs is 4. The number of esters is 1. The van der Waals surface area contributed by atoms with Gasteiger partial charge in [0.05, 0.1) is 48.5 Å². The monoisotopic (exact) mass is 730 g/mol. The number of nitrogens with zero attached hydrogens (tertiary/aromatic N) is 1. The molecule has 3 atom stereocenters. The van der Waals surface area contributed by atoms with Gasteiger partial charge in [-0.1, -0.05) is 52.3 Å². The summed E-state index contributed by atoms with van der Waals surface area (Å²) in [5.41, 5.74) is 8.72. The number of imidazole rings is 1. The lowest BCUT2D eigenvalue weighted by molar-refractivity contribution is -0.143. The number of halogens is 1. The highest BCUT2D eigenvalue weighted by molar-refractivity contribution is 9.10. The number of aromatic amines is 1. The molecule has 6 rings (SSSR count). The Hall–Kier alpha value is -3.52. The molecular weight excluding hydrogens is 680 g/mol. The van der Waals surface area contributed by atoms with E-state index in [0.29, 0.717) is 49.4 Å². The number of hydrogen-bond donors (Lipinski definition) is 1. The summed E-state index contributed by atoms with van der Waals surface area (Å²) in [4.78, 5) is 20.5. The van der Waals surface area contributed by atoms with Crippen molar-refractivity contribution in [3.8, 4) is 28.6 Å². The predicted molar refractivity (Wildman–Crippen MR) is 199 cm³/mol. The lowest BCUT2D eigenvalue weighted by Gasteiger charge is -2.56. The molecule has 0 amide bonds. The van der Waals surface area contributed by atoms with E-state index in [1.54, 1.807) is 25.3 Å². The van der Waals surface area contributed by atoms with E-state index in [4.69, 9.17) is 23.9 Å². The first-order valence-electron chi connectivity index (χ1n) is 17.9. The minimum Gasteiger partial charge on any atom is -0.496 e. The van der Waals surface area contributed by atoms with E-state index in [-0.39, 0.29) is 16.8 Å². The molecule has 0 bridgehead atoms. The zero-order valence-corrected chi connectivity index (χ0v) is 31.7. The number of methoxy groups -OCH3 is 2. The molecule has 49 heavy (non-hydrogen) atoms. The van der Waals surface area contributed by atoms with Gasteiger partial charge >= 0.3 is 5.97 Å². The molecule has 8 heteroatoms. The van der Waals surface area contributed by atoms with Crippen LogP contribution in [0, 0.1) is 11.3 Å². The van der Waals surface area contributed by atoms with Gasteiger partial charge in [0.2, 0.25) is 0 Å². The summed E-state index contributed by atoms with van der Waals surface area (Å²) in [6.07, 6.45) is 7.77. The zero-order chi connectivity index (χ0) is 34.9. The van der Waals surface area contributed by atoms with Gasteiger partial charge in [0.25, 0.3) is 0 Å². The highest BCUT2D eigenvalue weighted by Crippen LogP contribution is 2.59. The number of aryl methyl sites for hydroxylation is 1. The lowest BCUT2D eigenvalue weighted by atomic mass is 9.48. The van der Waals surface area contributed by atoms with Crippen molar-refractivity contribution in [1.82, 2.24) is 9.97 Å². The van der Waals surface area contributed by atoms with Crippen LogP contribution >= 0.6 is 15.9 Å². The van der Waals surface area contributed by atoms with Gasteiger partial charge in [0.1, 0.15) is 23.1 Å². The van der Waals surface area contributed by atoms with Crippen molar-refractivity contribution in [2.45, 2.75) is 97.3 Å². The van der Waals surface area contributed by atoms with Crippen LogP contribution < -0.4 is 14.2 Å². The summed E-state index contributed by atoms with van der Waals surface area (Å²) < 4.78 is 23.7. The molecule has 1 aromatic heterocycles. The van der Waals surface area contributed by atoms with Crippen LogP contribution in [0.3, 0.4) is 0 Å². The van der Waals surface area contributed by atoms with E-state index in [0.717, 1.165) is 45.5 Å². The van der Waals surface area contributed by atoms with E-state index in [1.807, 2.05) is 31.2 Å². The fourth-order valence-corrected chi connectivity index (χ4v) is 9.43. The quantitative estimate of drug-likeness (QED) is 0.115. The standard InChI is InChI=1S/C41H51BrN2O5/c1-8-48-36(45)11-9-20-49-28-14-15-29(33(22-28)46-6)39-43-32-23-34(47-7)37(42)30(38(32)44-39)24-40(4)18-10-19-41(5)31-16-12-26(25(2)3)21-27(31)13-17-35(40)41/h12,14-16,21-23,25,35H,8-11,13,17-20,24H2,1-7H3,(H,43,44)/t35-,40+,41+/m0/s1. The number of H-pyrrole nitrogens is 1. The molecule has 1 fully saturated rings. The number of ether oxygens (including phenoxy) is 4. The Kier molecular flexibility index (Phi) is 10.4. The Morgan fingerprint density at radius 2 is 1.86 bits per heavy atom. The molecule has 1 saturated carbocycles. The van der Waals surface area contributed by atoms with Gasteiger partial charge in [-0.2, -0.15) is 0 Å². The molecule has 0 aliphatic heterocycles. The highest BCUT2D eigenvalue weighted by Gasteiger charge is 2.52. The van der Waals surface area contributed by atoms with Crippen LogP contribution in [-0.4, -0.2) is 43.4 Å². The summed E-state index contributed by atoms with van der Waals surface area (Å²) in [5, 5.41) is 0. The molecule has 1 N–H and O–H groups in total. The van der Waals surface area contributed by atoms with Crippen LogP contribution in [0.25, 0.3) is 22.4 Å². The molecular formula is C41H51BrN2O5. The third-order valence-corrected chi connectivity index (χ3v) is 12.1. The molecule has 7 nitrogen and oxygen atoms in total. The molecule has 3 aromatic carbocycles. The van der Waals surface area contributed by atoms with Crippen molar-refractivity contribution >= 4 is 32.9 Å². The number of carbonyl (C=O) groups excluding carboxylic acids is 1. The molecule has 2 aliphatic carbocycles. The van der Waals surface area contributed by atoms with Gasteiger partial charge in [-0.3, -0.25) is 4.79 Å². The van der Waals surface area contributed by atoms with Crippen LogP contribution in [0.5, 0.6) is 17.2 Å². The SMILES string of the molecule is CCOC(=O)CCCOc1ccc(-c2nc3c(C[C@@]4(C)CCC[C@]5(C)c6ccc(C(C)C)cc6CC[C@@H]45)c(Br)c(OC)cc3[nH]2)c(OC)c1. The minimum absolute atomic E-state index is 0.0896. The zero-order valence-electron chi connectivity index (χ0n) is 30.1. The first kappa shape index (κ1) is 35.3.